The van der Waals surface area contributed by atoms with Gasteiger partial charge in [0.05, 0.1) is 5.56 Å². The van der Waals surface area contributed by atoms with E-state index in [1.165, 1.54) is 6.07 Å². The third kappa shape index (κ3) is 4.48. The molecule has 0 spiro atoms. The maximum absolute atomic E-state index is 12.7. The number of nitrogens with one attached hydrogen (secondary N) is 2. The highest BCUT2D eigenvalue weighted by molar-refractivity contribution is 6.43. The summed E-state index contributed by atoms with van der Waals surface area (Å²) in [6.07, 6.45) is -3.36. The van der Waals surface area contributed by atoms with Crippen molar-refractivity contribution in [1.82, 2.24) is 0 Å². The second-order valence-electron chi connectivity index (χ2n) is 6.19. The van der Waals surface area contributed by atoms with Crippen LogP contribution in [-0.2, 0) is 20.6 Å². The largest absolute Gasteiger partial charge is 0.416 e. The topological polar surface area (TPSA) is 78.5 Å². The number of carbonyl (C=O) groups excluding carboxylic acids is 3. The summed E-state index contributed by atoms with van der Waals surface area (Å²) in [5, 5.41) is 4.51. The number of halogens is 3. The Morgan fingerprint density at radius 2 is 1.54 bits per heavy atom. The lowest BCUT2D eigenvalue weighted by atomic mass is 10.2. The molecule has 1 saturated heterocycles. The van der Waals surface area contributed by atoms with Crippen LogP contribution in [-0.4, -0.2) is 24.3 Å². The molecule has 9 heteroatoms. The van der Waals surface area contributed by atoms with Crippen LogP contribution in [0.2, 0.25) is 0 Å². The number of hydrogen-bond donors (Lipinski definition) is 2. The first-order valence-electron chi connectivity index (χ1n) is 8.44. The highest BCUT2D eigenvalue weighted by atomic mass is 19.4. The Bertz CT molecular complexity index is 928. The van der Waals surface area contributed by atoms with E-state index < -0.39 is 23.6 Å². The van der Waals surface area contributed by atoms with E-state index in [4.69, 9.17) is 0 Å². The zero-order chi connectivity index (χ0) is 20.3. The van der Waals surface area contributed by atoms with E-state index in [0.717, 1.165) is 24.6 Å². The van der Waals surface area contributed by atoms with E-state index in [-0.39, 0.29) is 11.6 Å². The molecule has 3 rings (SSSR count). The molecule has 1 aliphatic heterocycles. The molecular formula is C19H16F3N3O3. The van der Waals surface area contributed by atoms with E-state index in [9.17, 15) is 27.6 Å². The van der Waals surface area contributed by atoms with Gasteiger partial charge in [0.25, 0.3) is 0 Å². The highest BCUT2D eigenvalue weighted by Crippen LogP contribution is 2.30. The highest BCUT2D eigenvalue weighted by Gasteiger charge is 2.30. The van der Waals surface area contributed by atoms with Gasteiger partial charge < -0.3 is 15.5 Å². The number of rotatable bonds is 3. The minimum Gasteiger partial charge on any atom is -0.318 e. The molecule has 0 saturated carbocycles. The summed E-state index contributed by atoms with van der Waals surface area (Å²) in [5.41, 5.74) is -0.194. The molecule has 2 aromatic carbocycles. The average molecular weight is 391 g/mol. The Kier molecular flexibility index (Phi) is 5.34. The number of nitrogens with zero attached hydrogens (tertiary/aromatic N) is 1. The predicted molar refractivity (Wildman–Crippen MR) is 96.7 cm³/mol. The Hall–Kier alpha value is -3.36. The minimum atomic E-state index is -4.56. The van der Waals surface area contributed by atoms with Crippen LogP contribution in [0, 0.1) is 0 Å². The molecule has 0 aromatic heterocycles. The summed E-state index contributed by atoms with van der Waals surface area (Å²) in [6.45, 7) is 0.576. The summed E-state index contributed by atoms with van der Waals surface area (Å²) in [6, 6.07) is 10.4. The number of amides is 3. The Balaban J connectivity index is 1.66. The van der Waals surface area contributed by atoms with Crippen LogP contribution in [0.3, 0.4) is 0 Å². The van der Waals surface area contributed by atoms with Gasteiger partial charge in [-0.3, -0.25) is 14.4 Å². The first-order valence-corrected chi connectivity index (χ1v) is 8.44. The van der Waals surface area contributed by atoms with E-state index >= 15 is 0 Å². The monoisotopic (exact) mass is 391 g/mol. The molecule has 0 aliphatic carbocycles. The molecule has 0 unspecified atom stereocenters. The first kappa shape index (κ1) is 19.4. The SMILES string of the molecule is O=C(Nc1cccc(N2CCCC2=O)c1)C(=O)Nc1cccc(C(F)(F)F)c1. The summed E-state index contributed by atoms with van der Waals surface area (Å²) < 4.78 is 38.2. The molecule has 28 heavy (non-hydrogen) atoms. The maximum atomic E-state index is 12.7. The lowest BCUT2D eigenvalue weighted by Crippen LogP contribution is -2.29. The Labute approximate surface area is 158 Å². The lowest BCUT2D eigenvalue weighted by Gasteiger charge is -2.16. The van der Waals surface area contributed by atoms with Gasteiger partial charge in [0.15, 0.2) is 0 Å². The van der Waals surface area contributed by atoms with Gasteiger partial charge in [-0.15, -0.1) is 0 Å². The van der Waals surface area contributed by atoms with Crippen LogP contribution in [0.5, 0.6) is 0 Å². The van der Waals surface area contributed by atoms with Crippen molar-refractivity contribution in [2.24, 2.45) is 0 Å². The fourth-order valence-corrected chi connectivity index (χ4v) is 2.82. The van der Waals surface area contributed by atoms with E-state index in [1.807, 2.05) is 0 Å². The van der Waals surface area contributed by atoms with Crippen molar-refractivity contribution in [2.45, 2.75) is 19.0 Å². The standard InChI is InChI=1S/C19H16F3N3O3/c20-19(21,22)12-4-1-5-13(10-12)23-17(27)18(28)24-14-6-2-7-15(11-14)25-9-3-8-16(25)26/h1-2,4-7,10-11H,3,8-9H2,(H,23,27)(H,24,28). The number of carbonyl (C=O) groups is 3. The first-order chi connectivity index (χ1) is 13.2. The van der Waals surface area contributed by atoms with Gasteiger partial charge in [-0.05, 0) is 42.8 Å². The third-order valence-corrected chi connectivity index (χ3v) is 4.14. The molecule has 0 bridgehead atoms. The second kappa shape index (κ2) is 7.71. The minimum absolute atomic E-state index is 0.0224. The van der Waals surface area contributed by atoms with Crippen molar-refractivity contribution in [2.75, 3.05) is 22.1 Å². The Morgan fingerprint density at radius 1 is 0.929 bits per heavy atom. The fraction of sp³-hybridized carbons (Fsp3) is 0.211. The number of anilines is 3. The normalized spacial score (nSPS) is 14.1. The molecule has 2 N–H and O–H groups in total. The summed E-state index contributed by atoms with van der Waals surface area (Å²) >= 11 is 0. The smallest absolute Gasteiger partial charge is 0.318 e. The molecule has 2 aromatic rings. The number of benzene rings is 2. The molecule has 3 amide bonds. The summed E-state index contributed by atoms with van der Waals surface area (Å²) in [7, 11) is 0. The molecule has 1 fully saturated rings. The van der Waals surface area contributed by atoms with Crippen molar-refractivity contribution in [3.63, 3.8) is 0 Å². The van der Waals surface area contributed by atoms with Crippen LogP contribution in [0.4, 0.5) is 30.2 Å². The van der Waals surface area contributed by atoms with Gasteiger partial charge in [0.1, 0.15) is 0 Å². The molecular weight excluding hydrogens is 375 g/mol. The van der Waals surface area contributed by atoms with Crippen LogP contribution < -0.4 is 15.5 Å². The zero-order valence-corrected chi connectivity index (χ0v) is 14.5. The second-order valence-corrected chi connectivity index (χ2v) is 6.19. The molecule has 1 heterocycles. The van der Waals surface area contributed by atoms with Gasteiger partial charge in [-0.2, -0.15) is 13.2 Å². The van der Waals surface area contributed by atoms with Gasteiger partial charge in [-0.25, -0.2) is 0 Å². The third-order valence-electron chi connectivity index (χ3n) is 4.14. The van der Waals surface area contributed by atoms with Crippen LogP contribution in [0.15, 0.2) is 48.5 Å². The van der Waals surface area contributed by atoms with Crippen molar-refractivity contribution in [3.8, 4) is 0 Å². The van der Waals surface area contributed by atoms with Gasteiger partial charge >= 0.3 is 18.0 Å². The lowest BCUT2D eigenvalue weighted by molar-refractivity contribution is -0.137. The van der Waals surface area contributed by atoms with Crippen LogP contribution in [0.25, 0.3) is 0 Å². The van der Waals surface area contributed by atoms with Crippen molar-refractivity contribution in [3.05, 3.63) is 54.1 Å². The van der Waals surface area contributed by atoms with E-state index in [0.29, 0.717) is 24.3 Å². The van der Waals surface area contributed by atoms with Crippen molar-refractivity contribution < 1.29 is 27.6 Å². The van der Waals surface area contributed by atoms with Gasteiger partial charge in [-0.1, -0.05) is 12.1 Å². The Morgan fingerprint density at radius 3 is 2.11 bits per heavy atom. The van der Waals surface area contributed by atoms with Gasteiger partial charge in [0, 0.05) is 30.0 Å². The van der Waals surface area contributed by atoms with Crippen molar-refractivity contribution in [1.29, 1.82) is 0 Å². The zero-order valence-electron chi connectivity index (χ0n) is 14.5. The van der Waals surface area contributed by atoms with Crippen molar-refractivity contribution >= 4 is 34.8 Å². The fourth-order valence-electron chi connectivity index (χ4n) is 2.82. The molecule has 0 radical (unpaired) electrons. The summed E-state index contributed by atoms with van der Waals surface area (Å²) in [4.78, 5) is 37.5. The van der Waals surface area contributed by atoms with Crippen LogP contribution in [0.1, 0.15) is 18.4 Å². The van der Waals surface area contributed by atoms with E-state index in [2.05, 4.69) is 10.6 Å². The van der Waals surface area contributed by atoms with Gasteiger partial charge in [0.2, 0.25) is 5.91 Å². The predicted octanol–water partition coefficient (Wildman–Crippen LogP) is 3.41. The number of hydrogen-bond acceptors (Lipinski definition) is 3. The van der Waals surface area contributed by atoms with Crippen LogP contribution >= 0.6 is 0 Å². The quantitative estimate of drug-likeness (QED) is 0.787. The molecule has 1 aliphatic rings. The maximum Gasteiger partial charge on any atom is 0.416 e. The summed E-state index contributed by atoms with van der Waals surface area (Å²) in [5.74, 6) is -2.17. The molecule has 0 atom stereocenters. The number of alkyl halides is 3. The average Bonchev–Trinajstić information content (AvgIpc) is 3.07. The molecule has 146 valence electrons. The van der Waals surface area contributed by atoms with E-state index in [1.54, 1.807) is 29.2 Å². The molecule has 6 nitrogen and oxygen atoms in total.